The Morgan fingerprint density at radius 2 is 2.00 bits per heavy atom. The molecule has 10 heavy (non-hydrogen) atoms. The maximum absolute atomic E-state index is 5.58. The number of nitrogens with zero attached hydrogens (tertiary/aromatic N) is 2. The summed E-state index contributed by atoms with van der Waals surface area (Å²) < 4.78 is 3.34. The molecule has 4 N–H and O–H groups in total. The van der Waals surface area contributed by atoms with Gasteiger partial charge in [0.2, 0.25) is 0 Å². The molecule has 4 heteroatoms. The lowest BCUT2D eigenvalue weighted by Crippen LogP contribution is -2.05. The van der Waals surface area contributed by atoms with Gasteiger partial charge in [-0.05, 0) is 12.1 Å². The quantitative estimate of drug-likeness (QED) is 0.502. The Hall–Kier alpha value is -1.58. The fourth-order valence-electron chi connectivity index (χ4n) is 1.04. The molecule has 0 bridgehead atoms. The Kier molecular flexibility index (Phi) is 0.768. The van der Waals surface area contributed by atoms with Crippen LogP contribution in [-0.2, 0) is 0 Å². The van der Waals surface area contributed by atoms with Crippen LogP contribution >= 0.6 is 0 Å². The molecule has 2 aromatic heterocycles. The van der Waals surface area contributed by atoms with Crippen molar-refractivity contribution in [3.8, 4) is 0 Å². The second-order valence-corrected chi connectivity index (χ2v) is 2.19. The van der Waals surface area contributed by atoms with E-state index in [1.54, 1.807) is 6.20 Å². The third-order valence-corrected chi connectivity index (χ3v) is 1.57. The van der Waals surface area contributed by atoms with Gasteiger partial charge >= 0.3 is 0 Å². The van der Waals surface area contributed by atoms with Crippen molar-refractivity contribution in [3.05, 3.63) is 24.5 Å². The van der Waals surface area contributed by atoms with Crippen molar-refractivity contribution < 1.29 is 0 Å². The van der Waals surface area contributed by atoms with E-state index in [9.17, 15) is 0 Å². The lowest BCUT2D eigenvalue weighted by atomic mass is 10.6. The molecule has 2 heterocycles. The van der Waals surface area contributed by atoms with E-state index in [1.807, 2.05) is 22.7 Å². The first-order chi connectivity index (χ1) is 4.79. The van der Waals surface area contributed by atoms with Crippen LogP contribution in [0.15, 0.2) is 24.5 Å². The van der Waals surface area contributed by atoms with Crippen LogP contribution in [0.25, 0.3) is 5.65 Å². The Balaban J connectivity index is 2.95. The van der Waals surface area contributed by atoms with Crippen molar-refractivity contribution in [1.29, 1.82) is 0 Å². The van der Waals surface area contributed by atoms with Crippen LogP contribution in [-0.4, -0.2) is 9.08 Å². The summed E-state index contributed by atoms with van der Waals surface area (Å²) in [7, 11) is 0. The molecular formula is C6H8N4. The second-order valence-electron chi connectivity index (χ2n) is 2.19. The van der Waals surface area contributed by atoms with Crippen LogP contribution in [0.1, 0.15) is 0 Å². The van der Waals surface area contributed by atoms with Gasteiger partial charge in [-0.15, -0.1) is 0 Å². The van der Waals surface area contributed by atoms with E-state index in [1.165, 1.54) is 4.68 Å². The molecule has 0 aliphatic rings. The van der Waals surface area contributed by atoms with Crippen molar-refractivity contribution in [2.45, 2.75) is 0 Å². The number of fused-ring (bicyclic) bond motifs is 1. The van der Waals surface area contributed by atoms with E-state index in [0.29, 0.717) is 5.82 Å². The van der Waals surface area contributed by atoms with Crippen LogP contribution in [0.5, 0.6) is 0 Å². The minimum absolute atomic E-state index is 0.708. The smallest absolute Gasteiger partial charge is 0.137 e. The van der Waals surface area contributed by atoms with Crippen molar-refractivity contribution in [2.75, 3.05) is 11.6 Å². The Bertz CT molecular complexity index is 321. The van der Waals surface area contributed by atoms with Crippen LogP contribution in [0.4, 0.5) is 5.82 Å². The standard InChI is InChI=1S/C6H8N4/c7-5-1-2-6-9(5)3-4-10(6)8/h1-4H,7-8H2. The fourth-order valence-corrected chi connectivity index (χ4v) is 1.04. The lowest BCUT2D eigenvalue weighted by molar-refractivity contribution is 1.05. The fraction of sp³-hybridized carbons (Fsp3) is 0. The average molecular weight is 136 g/mol. The SMILES string of the molecule is Nc1ccc2n(N)ccn12. The Labute approximate surface area is 57.6 Å². The molecule has 0 amide bonds. The highest BCUT2D eigenvalue weighted by Gasteiger charge is 1.98. The van der Waals surface area contributed by atoms with Crippen molar-refractivity contribution >= 4 is 11.5 Å². The Morgan fingerprint density at radius 1 is 1.20 bits per heavy atom. The normalized spacial score (nSPS) is 10.8. The van der Waals surface area contributed by atoms with Crippen LogP contribution in [0.2, 0.25) is 0 Å². The average Bonchev–Trinajstić information content (AvgIpc) is 2.41. The van der Waals surface area contributed by atoms with E-state index in [4.69, 9.17) is 11.6 Å². The first-order valence-electron chi connectivity index (χ1n) is 2.98. The zero-order chi connectivity index (χ0) is 7.14. The zero-order valence-corrected chi connectivity index (χ0v) is 5.36. The minimum atomic E-state index is 0.708. The molecule has 0 spiro atoms. The molecule has 0 radical (unpaired) electrons. The van der Waals surface area contributed by atoms with E-state index >= 15 is 0 Å². The highest BCUT2D eigenvalue weighted by Crippen LogP contribution is 2.09. The number of rotatable bonds is 0. The highest BCUT2D eigenvalue weighted by atomic mass is 15.3. The first-order valence-corrected chi connectivity index (χ1v) is 2.98. The summed E-state index contributed by atoms with van der Waals surface area (Å²) >= 11 is 0. The molecule has 0 aliphatic heterocycles. The molecule has 52 valence electrons. The van der Waals surface area contributed by atoms with Gasteiger partial charge in [0.05, 0.1) is 0 Å². The number of hydrogen-bond donors (Lipinski definition) is 2. The number of aromatic nitrogens is 2. The minimum Gasteiger partial charge on any atom is -0.385 e. The van der Waals surface area contributed by atoms with E-state index in [2.05, 4.69) is 0 Å². The monoisotopic (exact) mass is 136 g/mol. The lowest BCUT2D eigenvalue weighted by Gasteiger charge is -1.89. The molecule has 0 aliphatic carbocycles. The van der Waals surface area contributed by atoms with Crippen molar-refractivity contribution in [3.63, 3.8) is 0 Å². The van der Waals surface area contributed by atoms with Crippen LogP contribution in [0.3, 0.4) is 0 Å². The van der Waals surface area contributed by atoms with Gasteiger partial charge in [0.1, 0.15) is 11.5 Å². The number of hydrogen-bond acceptors (Lipinski definition) is 2. The third kappa shape index (κ3) is 0.452. The predicted octanol–water partition coefficient (Wildman–Crippen LogP) is 0.0368. The van der Waals surface area contributed by atoms with Gasteiger partial charge in [-0.1, -0.05) is 0 Å². The van der Waals surface area contributed by atoms with Gasteiger partial charge in [-0.2, -0.15) is 0 Å². The van der Waals surface area contributed by atoms with Gasteiger partial charge in [-0.3, -0.25) is 9.08 Å². The largest absolute Gasteiger partial charge is 0.385 e. The van der Waals surface area contributed by atoms with Gasteiger partial charge in [0.25, 0.3) is 0 Å². The van der Waals surface area contributed by atoms with Gasteiger partial charge in [0.15, 0.2) is 0 Å². The summed E-state index contributed by atoms with van der Waals surface area (Å²) in [5, 5.41) is 0. The molecule has 4 nitrogen and oxygen atoms in total. The molecule has 0 aromatic carbocycles. The Morgan fingerprint density at radius 3 is 2.70 bits per heavy atom. The maximum Gasteiger partial charge on any atom is 0.137 e. The number of imidazole rings is 1. The summed E-state index contributed by atoms with van der Waals surface area (Å²) in [5.41, 5.74) is 6.48. The topological polar surface area (TPSA) is 61.4 Å². The second kappa shape index (κ2) is 1.47. The summed E-state index contributed by atoms with van der Waals surface area (Å²) in [6.07, 6.45) is 3.58. The number of nitrogen functional groups attached to an aromatic ring is 2. The predicted molar refractivity (Wildman–Crippen MR) is 39.9 cm³/mol. The van der Waals surface area contributed by atoms with Gasteiger partial charge in [0, 0.05) is 12.4 Å². The van der Waals surface area contributed by atoms with Crippen LogP contribution in [0, 0.1) is 0 Å². The molecule has 0 atom stereocenters. The third-order valence-electron chi connectivity index (χ3n) is 1.57. The van der Waals surface area contributed by atoms with E-state index in [-0.39, 0.29) is 0 Å². The molecule has 2 rings (SSSR count). The molecule has 0 saturated carbocycles. The van der Waals surface area contributed by atoms with Crippen molar-refractivity contribution in [1.82, 2.24) is 9.08 Å². The zero-order valence-electron chi connectivity index (χ0n) is 5.36. The summed E-state index contributed by atoms with van der Waals surface area (Å²) in [5.74, 6) is 6.24. The highest BCUT2D eigenvalue weighted by molar-refractivity contribution is 5.51. The summed E-state index contributed by atoms with van der Waals surface area (Å²) in [4.78, 5) is 0. The molecular weight excluding hydrogens is 128 g/mol. The molecule has 0 saturated heterocycles. The number of nitrogens with two attached hydrogens (primary N) is 2. The molecule has 0 fully saturated rings. The van der Waals surface area contributed by atoms with Gasteiger partial charge in [-0.25, -0.2) is 0 Å². The van der Waals surface area contributed by atoms with Crippen molar-refractivity contribution in [2.24, 2.45) is 0 Å². The number of anilines is 1. The summed E-state index contributed by atoms with van der Waals surface area (Å²) in [6.45, 7) is 0. The molecule has 0 unspecified atom stereocenters. The van der Waals surface area contributed by atoms with Crippen LogP contribution < -0.4 is 11.6 Å². The van der Waals surface area contributed by atoms with Gasteiger partial charge < -0.3 is 11.6 Å². The van der Waals surface area contributed by atoms with E-state index < -0.39 is 0 Å². The molecule has 2 aromatic rings. The first kappa shape index (κ1) is 5.22. The summed E-state index contributed by atoms with van der Waals surface area (Å²) in [6, 6.07) is 3.69. The maximum atomic E-state index is 5.58. The van der Waals surface area contributed by atoms with E-state index in [0.717, 1.165) is 5.65 Å².